The Bertz CT molecular complexity index is 1260. The number of fused-ring (bicyclic) bond motifs is 1. The van der Waals surface area contributed by atoms with Gasteiger partial charge in [0.15, 0.2) is 0 Å². The number of hydrogen-bond donors (Lipinski definition) is 1. The van der Waals surface area contributed by atoms with Gasteiger partial charge in [0.1, 0.15) is 22.2 Å². The largest absolute Gasteiger partial charge is 0.324 e. The average Bonchev–Trinajstić information content (AvgIpc) is 3.48. The maximum absolute atomic E-state index is 12.2. The molecule has 0 bridgehead atoms. The summed E-state index contributed by atoms with van der Waals surface area (Å²) in [6.45, 7) is 0. The average molecular weight is 475 g/mol. The first-order valence-corrected chi connectivity index (χ1v) is 11.4. The van der Waals surface area contributed by atoms with Crippen molar-refractivity contribution in [3.63, 3.8) is 0 Å². The van der Waals surface area contributed by atoms with Gasteiger partial charge in [-0.25, -0.2) is 9.97 Å². The van der Waals surface area contributed by atoms with E-state index in [1.165, 1.54) is 6.08 Å². The lowest BCUT2D eigenvalue weighted by molar-refractivity contribution is -0.123. The van der Waals surface area contributed by atoms with E-state index in [4.69, 9.17) is 9.97 Å². The fourth-order valence-electron chi connectivity index (χ4n) is 3.24. The Morgan fingerprint density at radius 1 is 1.10 bits per heavy atom. The first-order valence-electron chi connectivity index (χ1n) is 8.74. The lowest BCUT2D eigenvalue weighted by Crippen LogP contribution is -2.29. The molecule has 0 spiro atoms. The second-order valence-electron chi connectivity index (χ2n) is 6.49. The molecule has 0 atom stereocenters. The smallest absolute Gasteiger partial charge is 0.274 e. The van der Waals surface area contributed by atoms with Gasteiger partial charge in [0.05, 0.1) is 5.39 Å². The minimum Gasteiger partial charge on any atom is -0.324 e. The van der Waals surface area contributed by atoms with Crippen LogP contribution in [0.3, 0.4) is 0 Å². The highest BCUT2D eigenvalue weighted by atomic mass is 35.5. The van der Waals surface area contributed by atoms with Crippen molar-refractivity contribution in [3.8, 4) is 10.4 Å². The van der Waals surface area contributed by atoms with Crippen molar-refractivity contribution in [2.45, 2.75) is 6.42 Å². The van der Waals surface area contributed by atoms with Crippen LogP contribution in [0.5, 0.6) is 0 Å². The van der Waals surface area contributed by atoms with Gasteiger partial charge in [-0.15, -0.1) is 35.1 Å². The van der Waals surface area contributed by atoms with E-state index in [0.29, 0.717) is 18.1 Å². The third kappa shape index (κ3) is 3.65. The number of anilines is 1. The van der Waals surface area contributed by atoms with Crippen molar-refractivity contribution in [1.29, 1.82) is 0 Å². The van der Waals surface area contributed by atoms with E-state index in [-0.39, 0.29) is 18.1 Å². The fourth-order valence-corrected chi connectivity index (χ4v) is 5.69. The number of thiophene rings is 3. The molecule has 0 fully saturated rings. The standard InChI is InChI=1S/C20H14N4O2S3.ClH/c1-24(13-8-16(25)23-19(13)26)18-17-12(14-3-2-5-28-14)10-29-20(17)22-15(21-18)7-11-4-6-27-9-11;/h2-6,8-10H,7H2,1H3,(H,23,25,26);1H. The van der Waals surface area contributed by atoms with Crippen molar-refractivity contribution < 1.29 is 9.59 Å². The molecule has 5 rings (SSSR count). The molecule has 0 radical (unpaired) electrons. The van der Waals surface area contributed by atoms with Crippen LogP contribution in [-0.4, -0.2) is 28.8 Å². The van der Waals surface area contributed by atoms with Crippen molar-refractivity contribution >= 4 is 74.3 Å². The van der Waals surface area contributed by atoms with E-state index in [1.54, 1.807) is 46.0 Å². The molecule has 0 aromatic carbocycles. The molecule has 6 nitrogen and oxygen atoms in total. The predicted molar refractivity (Wildman–Crippen MR) is 125 cm³/mol. The number of carbonyl (C=O) groups is 2. The summed E-state index contributed by atoms with van der Waals surface area (Å²) in [5, 5.41) is 11.4. The Kier molecular flexibility index (Phi) is 5.70. The SMILES string of the molecule is CN(C1=CC(=O)NC1=O)c1nc(Cc2ccsc2)nc2scc(-c3cccs3)c12.Cl. The first-order chi connectivity index (χ1) is 14.1. The Hall–Kier alpha value is -2.59. The number of imide groups is 1. The van der Waals surface area contributed by atoms with Gasteiger partial charge in [-0.3, -0.25) is 14.9 Å². The number of rotatable bonds is 5. The van der Waals surface area contributed by atoms with Gasteiger partial charge in [-0.05, 0) is 33.8 Å². The highest BCUT2D eigenvalue weighted by molar-refractivity contribution is 7.18. The monoisotopic (exact) mass is 474 g/mol. The van der Waals surface area contributed by atoms with Gasteiger partial charge < -0.3 is 4.90 Å². The Balaban J connectivity index is 0.00000218. The first kappa shape index (κ1) is 20.7. The van der Waals surface area contributed by atoms with E-state index < -0.39 is 11.8 Å². The number of likely N-dealkylation sites (N-methyl/N-ethyl adjacent to an activating group) is 1. The summed E-state index contributed by atoms with van der Waals surface area (Å²) < 4.78 is 0. The Morgan fingerprint density at radius 3 is 2.63 bits per heavy atom. The van der Waals surface area contributed by atoms with Gasteiger partial charge in [-0.2, -0.15) is 11.3 Å². The predicted octanol–water partition coefficient (Wildman–Crippen LogP) is 4.47. The topological polar surface area (TPSA) is 75.2 Å². The zero-order valence-electron chi connectivity index (χ0n) is 15.6. The quantitative estimate of drug-likeness (QED) is 0.432. The van der Waals surface area contributed by atoms with Crippen LogP contribution in [-0.2, 0) is 16.0 Å². The van der Waals surface area contributed by atoms with E-state index in [9.17, 15) is 9.59 Å². The van der Waals surface area contributed by atoms with Crippen LogP contribution in [0.1, 0.15) is 11.4 Å². The number of halogens is 1. The van der Waals surface area contributed by atoms with E-state index in [0.717, 1.165) is 26.2 Å². The van der Waals surface area contributed by atoms with Crippen molar-refractivity contribution in [2.75, 3.05) is 11.9 Å². The van der Waals surface area contributed by atoms with Crippen LogP contribution in [0, 0.1) is 0 Å². The van der Waals surface area contributed by atoms with Crippen LogP contribution in [0.25, 0.3) is 20.7 Å². The molecule has 10 heteroatoms. The molecule has 0 saturated heterocycles. The second-order valence-corrected chi connectivity index (χ2v) is 9.07. The fraction of sp³-hybridized carbons (Fsp3) is 0.100. The lowest BCUT2D eigenvalue weighted by atomic mass is 10.1. The van der Waals surface area contributed by atoms with Crippen LogP contribution < -0.4 is 10.2 Å². The normalized spacial score (nSPS) is 13.3. The minimum absolute atomic E-state index is 0. The molecule has 4 aromatic rings. The molecule has 0 unspecified atom stereocenters. The number of aromatic nitrogens is 2. The number of nitrogens with one attached hydrogen (secondary N) is 1. The van der Waals surface area contributed by atoms with Crippen LogP contribution in [0.15, 0.2) is 51.5 Å². The lowest BCUT2D eigenvalue weighted by Gasteiger charge is -2.20. The second kappa shape index (κ2) is 8.27. The minimum atomic E-state index is -0.420. The number of nitrogens with zero attached hydrogens (tertiary/aromatic N) is 3. The molecule has 5 heterocycles. The Morgan fingerprint density at radius 2 is 1.97 bits per heavy atom. The highest BCUT2D eigenvalue weighted by Gasteiger charge is 2.28. The number of hydrogen-bond acceptors (Lipinski definition) is 8. The molecule has 4 aromatic heterocycles. The van der Waals surface area contributed by atoms with Gasteiger partial charge in [0.25, 0.3) is 11.8 Å². The molecule has 0 aliphatic carbocycles. The van der Waals surface area contributed by atoms with Crippen LogP contribution >= 0.6 is 46.4 Å². The molecule has 1 aliphatic heterocycles. The number of carbonyl (C=O) groups excluding carboxylic acids is 2. The van der Waals surface area contributed by atoms with Gasteiger partial charge in [-0.1, -0.05) is 6.07 Å². The van der Waals surface area contributed by atoms with Gasteiger partial charge in [0, 0.05) is 35.4 Å². The summed E-state index contributed by atoms with van der Waals surface area (Å²) in [5.74, 6) is 0.477. The molecular formula is C20H15ClN4O2S3. The maximum Gasteiger partial charge on any atom is 0.274 e. The van der Waals surface area contributed by atoms with Crippen molar-refractivity contribution in [1.82, 2.24) is 15.3 Å². The number of amides is 2. The highest BCUT2D eigenvalue weighted by Crippen LogP contribution is 2.40. The summed E-state index contributed by atoms with van der Waals surface area (Å²) in [7, 11) is 1.76. The van der Waals surface area contributed by atoms with Gasteiger partial charge in [0.2, 0.25) is 0 Å². The van der Waals surface area contributed by atoms with Crippen molar-refractivity contribution in [2.24, 2.45) is 0 Å². The molecule has 1 aliphatic rings. The summed E-state index contributed by atoms with van der Waals surface area (Å²) in [6.07, 6.45) is 1.92. The summed E-state index contributed by atoms with van der Waals surface area (Å²) in [4.78, 5) is 37.2. The van der Waals surface area contributed by atoms with Gasteiger partial charge >= 0.3 is 0 Å². The molecule has 1 N–H and O–H groups in total. The summed E-state index contributed by atoms with van der Waals surface area (Å²) in [6, 6.07) is 6.11. The van der Waals surface area contributed by atoms with E-state index >= 15 is 0 Å². The molecule has 0 saturated carbocycles. The van der Waals surface area contributed by atoms with Crippen molar-refractivity contribution in [3.05, 3.63) is 62.9 Å². The molecule has 2 amide bonds. The molecule has 152 valence electrons. The summed E-state index contributed by atoms with van der Waals surface area (Å²) in [5.41, 5.74) is 2.46. The molecular weight excluding hydrogens is 460 g/mol. The zero-order chi connectivity index (χ0) is 20.0. The third-order valence-corrected chi connectivity index (χ3v) is 7.11. The van der Waals surface area contributed by atoms with E-state index in [2.05, 4.69) is 28.2 Å². The zero-order valence-corrected chi connectivity index (χ0v) is 18.9. The van der Waals surface area contributed by atoms with Crippen LogP contribution in [0.2, 0.25) is 0 Å². The Labute approximate surface area is 190 Å². The maximum atomic E-state index is 12.2. The third-order valence-electron chi connectivity index (χ3n) is 4.61. The van der Waals surface area contributed by atoms with Crippen LogP contribution in [0.4, 0.5) is 5.82 Å². The summed E-state index contributed by atoms with van der Waals surface area (Å²) >= 11 is 4.84. The molecule has 30 heavy (non-hydrogen) atoms. The van der Waals surface area contributed by atoms with E-state index in [1.807, 2.05) is 16.8 Å².